The molecule has 0 aliphatic rings. The summed E-state index contributed by atoms with van der Waals surface area (Å²) in [4.78, 5) is 4.13. The lowest BCUT2D eigenvalue weighted by Gasteiger charge is -2.08. The van der Waals surface area contributed by atoms with Crippen molar-refractivity contribution in [2.24, 2.45) is 0 Å². The summed E-state index contributed by atoms with van der Waals surface area (Å²) >= 11 is 8.00. The van der Waals surface area contributed by atoms with Gasteiger partial charge in [0.15, 0.2) is 0 Å². The van der Waals surface area contributed by atoms with Gasteiger partial charge in [-0.3, -0.25) is 0 Å². The van der Waals surface area contributed by atoms with Gasteiger partial charge in [-0.1, -0.05) is 11.6 Å². The van der Waals surface area contributed by atoms with Crippen LogP contribution in [0.5, 0.6) is 0 Å². The highest BCUT2D eigenvalue weighted by Crippen LogP contribution is 2.19. The van der Waals surface area contributed by atoms with Gasteiger partial charge in [0.1, 0.15) is 5.82 Å². The second-order valence-corrected chi connectivity index (χ2v) is 4.35. The number of rotatable bonds is 2. The summed E-state index contributed by atoms with van der Waals surface area (Å²) in [6.45, 7) is 4.15. The van der Waals surface area contributed by atoms with Crippen molar-refractivity contribution in [3.63, 3.8) is 0 Å². The van der Waals surface area contributed by atoms with Gasteiger partial charge in [-0.25, -0.2) is 4.98 Å². The molecule has 0 fully saturated rings. The third kappa shape index (κ3) is 2.79. The summed E-state index contributed by atoms with van der Waals surface area (Å²) in [5.41, 5.74) is 0. The van der Waals surface area contributed by atoms with E-state index in [1.807, 2.05) is 6.07 Å². The van der Waals surface area contributed by atoms with E-state index >= 15 is 0 Å². The third-order valence-corrected chi connectivity index (χ3v) is 2.76. The van der Waals surface area contributed by atoms with E-state index in [1.165, 1.54) is 0 Å². The fourth-order valence-corrected chi connectivity index (χ4v) is 1.33. The number of aromatic nitrogens is 1. The van der Waals surface area contributed by atoms with Crippen LogP contribution in [0.15, 0.2) is 12.3 Å². The molecule has 66 valence electrons. The lowest BCUT2D eigenvalue weighted by atomic mass is 10.4. The first-order valence-electron chi connectivity index (χ1n) is 3.67. The molecule has 4 heteroatoms. The molecule has 1 heterocycles. The number of hydrogen-bond donors (Lipinski definition) is 1. The molecule has 0 aromatic carbocycles. The average molecular weight is 297 g/mol. The molecule has 0 saturated heterocycles. The Bertz CT molecular complexity index is 276. The highest BCUT2D eigenvalue weighted by molar-refractivity contribution is 14.1. The lowest BCUT2D eigenvalue weighted by molar-refractivity contribution is 0.889. The van der Waals surface area contributed by atoms with Crippen LogP contribution in [-0.4, -0.2) is 11.0 Å². The fraction of sp³-hybridized carbons (Fsp3) is 0.375. The monoisotopic (exact) mass is 296 g/mol. The van der Waals surface area contributed by atoms with Gasteiger partial charge in [0.05, 0.1) is 5.02 Å². The molecule has 0 spiro atoms. The van der Waals surface area contributed by atoms with E-state index in [9.17, 15) is 0 Å². The van der Waals surface area contributed by atoms with Gasteiger partial charge in [0, 0.05) is 15.8 Å². The van der Waals surface area contributed by atoms with Gasteiger partial charge in [-0.05, 0) is 42.5 Å². The molecule has 0 aliphatic heterocycles. The van der Waals surface area contributed by atoms with Crippen LogP contribution in [0.25, 0.3) is 0 Å². The molecule has 0 amide bonds. The van der Waals surface area contributed by atoms with Gasteiger partial charge >= 0.3 is 0 Å². The Morgan fingerprint density at radius 3 is 2.75 bits per heavy atom. The topological polar surface area (TPSA) is 24.9 Å². The summed E-state index contributed by atoms with van der Waals surface area (Å²) in [6, 6.07) is 2.33. The molecular weight excluding hydrogens is 286 g/mol. The minimum absolute atomic E-state index is 0.398. The molecule has 1 rings (SSSR count). The van der Waals surface area contributed by atoms with Crippen LogP contribution < -0.4 is 5.32 Å². The standard InChI is InChI=1S/C8H10ClIN2/c1-5(2)12-8-3-7(10)6(9)4-11-8/h3-5H,1-2H3,(H,11,12). The largest absolute Gasteiger partial charge is 0.368 e. The molecule has 0 atom stereocenters. The highest BCUT2D eigenvalue weighted by Gasteiger charge is 2.00. The van der Waals surface area contributed by atoms with E-state index in [4.69, 9.17) is 11.6 Å². The van der Waals surface area contributed by atoms with Crippen molar-refractivity contribution in [2.75, 3.05) is 5.32 Å². The van der Waals surface area contributed by atoms with Gasteiger partial charge in [0.2, 0.25) is 0 Å². The Kier molecular flexibility index (Phi) is 3.58. The first-order valence-corrected chi connectivity index (χ1v) is 5.13. The number of nitrogens with one attached hydrogen (secondary N) is 1. The Morgan fingerprint density at radius 2 is 2.25 bits per heavy atom. The second kappa shape index (κ2) is 4.28. The Morgan fingerprint density at radius 1 is 1.58 bits per heavy atom. The first kappa shape index (κ1) is 10.1. The zero-order chi connectivity index (χ0) is 9.14. The van der Waals surface area contributed by atoms with Crippen LogP contribution in [0.1, 0.15) is 13.8 Å². The van der Waals surface area contributed by atoms with Crippen LogP contribution in [-0.2, 0) is 0 Å². The molecule has 0 aliphatic carbocycles. The van der Waals surface area contributed by atoms with E-state index in [1.54, 1.807) is 6.20 Å². The van der Waals surface area contributed by atoms with Crippen LogP contribution in [0.2, 0.25) is 5.02 Å². The van der Waals surface area contributed by atoms with E-state index in [-0.39, 0.29) is 0 Å². The number of anilines is 1. The summed E-state index contributed by atoms with van der Waals surface area (Å²) in [5, 5.41) is 3.90. The van der Waals surface area contributed by atoms with Gasteiger partial charge < -0.3 is 5.32 Å². The molecule has 0 radical (unpaired) electrons. The van der Waals surface area contributed by atoms with E-state index in [0.29, 0.717) is 11.1 Å². The molecule has 0 unspecified atom stereocenters. The van der Waals surface area contributed by atoms with Crippen molar-refractivity contribution < 1.29 is 0 Å². The van der Waals surface area contributed by atoms with Crippen LogP contribution in [0.4, 0.5) is 5.82 Å². The smallest absolute Gasteiger partial charge is 0.127 e. The van der Waals surface area contributed by atoms with Crippen molar-refractivity contribution in [2.45, 2.75) is 19.9 Å². The Labute approximate surface area is 90.9 Å². The molecule has 0 saturated carbocycles. The lowest BCUT2D eigenvalue weighted by Crippen LogP contribution is -2.10. The van der Waals surface area contributed by atoms with Gasteiger partial charge in [-0.2, -0.15) is 0 Å². The fourth-order valence-electron chi connectivity index (χ4n) is 0.789. The van der Waals surface area contributed by atoms with Gasteiger partial charge in [-0.15, -0.1) is 0 Å². The Hall–Kier alpha value is -0.0300. The number of pyridine rings is 1. The molecule has 0 bridgehead atoms. The quantitative estimate of drug-likeness (QED) is 0.848. The normalized spacial score (nSPS) is 10.4. The number of nitrogens with zero attached hydrogens (tertiary/aromatic N) is 1. The number of hydrogen-bond acceptors (Lipinski definition) is 2. The van der Waals surface area contributed by atoms with Crippen LogP contribution in [0.3, 0.4) is 0 Å². The summed E-state index contributed by atoms with van der Waals surface area (Å²) < 4.78 is 1.02. The van der Waals surface area contributed by atoms with Crippen molar-refractivity contribution in [3.8, 4) is 0 Å². The molecule has 12 heavy (non-hydrogen) atoms. The zero-order valence-corrected chi connectivity index (χ0v) is 9.85. The summed E-state index contributed by atoms with van der Waals surface area (Å²) in [6.07, 6.45) is 1.66. The van der Waals surface area contributed by atoms with Crippen molar-refractivity contribution in [3.05, 3.63) is 20.9 Å². The van der Waals surface area contributed by atoms with Crippen LogP contribution >= 0.6 is 34.2 Å². The SMILES string of the molecule is CC(C)Nc1cc(I)c(Cl)cn1. The summed E-state index contributed by atoms with van der Waals surface area (Å²) in [5.74, 6) is 0.874. The van der Waals surface area contributed by atoms with Crippen molar-refractivity contribution >= 4 is 40.0 Å². The maximum atomic E-state index is 5.82. The summed E-state index contributed by atoms with van der Waals surface area (Å²) in [7, 11) is 0. The second-order valence-electron chi connectivity index (χ2n) is 2.78. The Balaban J connectivity index is 2.82. The van der Waals surface area contributed by atoms with Crippen LogP contribution in [0, 0.1) is 3.57 Å². The van der Waals surface area contributed by atoms with E-state index in [0.717, 1.165) is 9.39 Å². The van der Waals surface area contributed by atoms with Gasteiger partial charge in [0.25, 0.3) is 0 Å². The van der Waals surface area contributed by atoms with E-state index < -0.39 is 0 Å². The predicted octanol–water partition coefficient (Wildman–Crippen LogP) is 3.16. The third-order valence-electron chi connectivity index (χ3n) is 1.25. The maximum Gasteiger partial charge on any atom is 0.127 e. The maximum absolute atomic E-state index is 5.82. The predicted molar refractivity (Wildman–Crippen MR) is 60.7 cm³/mol. The minimum atomic E-state index is 0.398. The highest BCUT2D eigenvalue weighted by atomic mass is 127. The molecule has 1 N–H and O–H groups in total. The minimum Gasteiger partial charge on any atom is -0.368 e. The van der Waals surface area contributed by atoms with E-state index in [2.05, 4.69) is 46.7 Å². The first-order chi connectivity index (χ1) is 5.59. The molecular formula is C8H10ClIN2. The van der Waals surface area contributed by atoms with Crippen molar-refractivity contribution in [1.29, 1.82) is 0 Å². The molecule has 1 aromatic rings. The molecule has 1 aromatic heterocycles. The zero-order valence-electron chi connectivity index (χ0n) is 6.94. The van der Waals surface area contributed by atoms with Crippen molar-refractivity contribution in [1.82, 2.24) is 4.98 Å². The number of halogens is 2. The average Bonchev–Trinajstić information content (AvgIpc) is 1.96. The molecule has 2 nitrogen and oxygen atoms in total.